The van der Waals surface area contributed by atoms with Crippen LogP contribution in [0.5, 0.6) is 5.75 Å². The Kier molecular flexibility index (Phi) is 6.79. The van der Waals surface area contributed by atoms with E-state index in [1.807, 2.05) is 19.9 Å². The minimum Gasteiger partial charge on any atom is -0.492 e. The zero-order chi connectivity index (χ0) is 13.5. The molecule has 102 valence electrons. The zero-order valence-electron chi connectivity index (χ0n) is 10.7. The van der Waals surface area contributed by atoms with Crippen LogP contribution in [0.4, 0.5) is 0 Å². The highest BCUT2D eigenvalue weighted by atomic mass is 35.5. The molecular formula is C13H19Cl2NO2. The highest BCUT2D eigenvalue weighted by Gasteiger charge is 2.12. The number of benzene rings is 1. The monoisotopic (exact) mass is 291 g/mol. The molecule has 0 amide bonds. The van der Waals surface area contributed by atoms with Gasteiger partial charge in [0.1, 0.15) is 5.75 Å². The van der Waals surface area contributed by atoms with E-state index in [-0.39, 0.29) is 12.6 Å². The molecule has 1 rings (SSSR count). The number of nitrogens with one attached hydrogen (secondary N) is 1. The molecule has 3 nitrogen and oxygen atoms in total. The van der Waals surface area contributed by atoms with Crippen LogP contribution in [0.3, 0.4) is 0 Å². The van der Waals surface area contributed by atoms with Gasteiger partial charge in [0.2, 0.25) is 0 Å². The highest BCUT2D eigenvalue weighted by molar-refractivity contribution is 6.35. The number of hydrogen-bond acceptors (Lipinski definition) is 3. The molecule has 1 atom stereocenters. The largest absolute Gasteiger partial charge is 0.492 e. The quantitative estimate of drug-likeness (QED) is 0.810. The third kappa shape index (κ3) is 4.32. The number of halogens is 2. The van der Waals surface area contributed by atoms with Crippen LogP contribution in [0.15, 0.2) is 12.1 Å². The fourth-order valence-electron chi connectivity index (χ4n) is 1.64. The Morgan fingerprint density at radius 2 is 2.06 bits per heavy atom. The smallest absolute Gasteiger partial charge is 0.142 e. The topological polar surface area (TPSA) is 41.5 Å². The van der Waals surface area contributed by atoms with Gasteiger partial charge in [-0.15, -0.1) is 0 Å². The second-order valence-corrected chi connectivity index (χ2v) is 4.82. The third-order valence-corrected chi connectivity index (χ3v) is 3.17. The van der Waals surface area contributed by atoms with E-state index >= 15 is 0 Å². The summed E-state index contributed by atoms with van der Waals surface area (Å²) in [6.45, 7) is 5.14. The van der Waals surface area contributed by atoms with Gasteiger partial charge in [-0.25, -0.2) is 0 Å². The first-order chi connectivity index (χ1) is 8.62. The Labute approximate surface area is 118 Å². The van der Waals surface area contributed by atoms with Gasteiger partial charge in [-0.2, -0.15) is 0 Å². The van der Waals surface area contributed by atoms with Crippen LogP contribution in [-0.2, 0) is 6.54 Å². The Morgan fingerprint density at radius 1 is 1.33 bits per heavy atom. The summed E-state index contributed by atoms with van der Waals surface area (Å²) in [7, 11) is 0. The Morgan fingerprint density at radius 3 is 2.61 bits per heavy atom. The van der Waals surface area contributed by atoms with Crippen molar-refractivity contribution in [1.29, 1.82) is 0 Å². The second kappa shape index (κ2) is 7.85. The summed E-state index contributed by atoms with van der Waals surface area (Å²) in [4.78, 5) is 0. The van der Waals surface area contributed by atoms with Crippen LogP contribution in [0.1, 0.15) is 25.8 Å². The molecule has 0 aromatic heterocycles. The van der Waals surface area contributed by atoms with Crippen molar-refractivity contribution in [3.63, 3.8) is 0 Å². The molecule has 18 heavy (non-hydrogen) atoms. The van der Waals surface area contributed by atoms with Crippen molar-refractivity contribution in [3.05, 3.63) is 27.7 Å². The predicted octanol–water partition coefficient (Wildman–Crippen LogP) is 3.25. The molecule has 0 heterocycles. The molecule has 0 aliphatic rings. The molecule has 0 saturated carbocycles. The van der Waals surface area contributed by atoms with Gasteiger partial charge in [0.15, 0.2) is 0 Å². The van der Waals surface area contributed by atoms with Gasteiger partial charge in [0, 0.05) is 23.2 Å². The molecule has 0 bridgehead atoms. The lowest BCUT2D eigenvalue weighted by molar-refractivity contribution is 0.237. The van der Waals surface area contributed by atoms with Gasteiger partial charge >= 0.3 is 0 Å². The molecule has 0 spiro atoms. The summed E-state index contributed by atoms with van der Waals surface area (Å²) in [5.41, 5.74) is 0.904. The number of aliphatic hydroxyl groups excluding tert-OH is 1. The summed E-state index contributed by atoms with van der Waals surface area (Å²) >= 11 is 12.1. The molecule has 0 radical (unpaired) electrons. The summed E-state index contributed by atoms with van der Waals surface area (Å²) in [6, 6.07) is 3.56. The molecule has 1 unspecified atom stereocenters. The fourth-order valence-corrected chi connectivity index (χ4v) is 2.23. The summed E-state index contributed by atoms with van der Waals surface area (Å²) in [5, 5.41) is 13.5. The van der Waals surface area contributed by atoms with E-state index in [2.05, 4.69) is 5.32 Å². The van der Waals surface area contributed by atoms with Crippen LogP contribution >= 0.6 is 23.2 Å². The van der Waals surface area contributed by atoms with Gasteiger partial charge < -0.3 is 15.2 Å². The molecule has 2 N–H and O–H groups in total. The van der Waals surface area contributed by atoms with Crippen molar-refractivity contribution in [1.82, 2.24) is 5.32 Å². The number of aliphatic hydroxyl groups is 1. The first-order valence-electron chi connectivity index (χ1n) is 6.07. The van der Waals surface area contributed by atoms with Crippen LogP contribution < -0.4 is 10.1 Å². The minimum absolute atomic E-state index is 0.0669. The molecule has 0 aliphatic carbocycles. The Balaban J connectivity index is 2.85. The standard InChI is InChI=1S/C13H19Cl2NO2/c1-3-11(8-17)16-7-9-5-10(14)6-12(15)13(9)18-4-2/h5-6,11,16-17H,3-4,7-8H2,1-2H3. The van der Waals surface area contributed by atoms with E-state index < -0.39 is 0 Å². The minimum atomic E-state index is 0.0669. The van der Waals surface area contributed by atoms with E-state index in [4.69, 9.17) is 33.0 Å². The van der Waals surface area contributed by atoms with E-state index in [9.17, 15) is 0 Å². The first-order valence-corrected chi connectivity index (χ1v) is 6.82. The van der Waals surface area contributed by atoms with E-state index in [0.717, 1.165) is 12.0 Å². The first kappa shape index (κ1) is 15.6. The van der Waals surface area contributed by atoms with E-state index in [0.29, 0.717) is 28.9 Å². The van der Waals surface area contributed by atoms with Crippen LogP contribution in [-0.4, -0.2) is 24.4 Å². The third-order valence-electron chi connectivity index (χ3n) is 2.67. The number of rotatable bonds is 7. The van der Waals surface area contributed by atoms with Crippen LogP contribution in [0, 0.1) is 0 Å². The Hall–Kier alpha value is -0.480. The van der Waals surface area contributed by atoms with E-state index in [1.165, 1.54) is 0 Å². The van der Waals surface area contributed by atoms with Gasteiger partial charge in [-0.05, 0) is 25.5 Å². The van der Waals surface area contributed by atoms with Gasteiger partial charge in [-0.3, -0.25) is 0 Å². The zero-order valence-corrected chi connectivity index (χ0v) is 12.2. The summed E-state index contributed by atoms with van der Waals surface area (Å²) in [6.07, 6.45) is 0.856. The lowest BCUT2D eigenvalue weighted by Crippen LogP contribution is -2.31. The number of ether oxygens (including phenoxy) is 1. The SMILES string of the molecule is CCOc1c(Cl)cc(Cl)cc1CNC(CC)CO. The molecule has 0 fully saturated rings. The lowest BCUT2D eigenvalue weighted by Gasteiger charge is -2.17. The highest BCUT2D eigenvalue weighted by Crippen LogP contribution is 2.32. The molecule has 0 aliphatic heterocycles. The van der Waals surface area contributed by atoms with Gasteiger partial charge in [0.05, 0.1) is 18.2 Å². The number of hydrogen-bond donors (Lipinski definition) is 2. The molecule has 1 aromatic carbocycles. The van der Waals surface area contributed by atoms with Crippen LogP contribution in [0.25, 0.3) is 0 Å². The summed E-state index contributed by atoms with van der Waals surface area (Å²) in [5.74, 6) is 0.656. The van der Waals surface area contributed by atoms with Gasteiger partial charge in [0.25, 0.3) is 0 Å². The molecule has 5 heteroatoms. The van der Waals surface area contributed by atoms with Crippen molar-refractivity contribution in [3.8, 4) is 5.75 Å². The van der Waals surface area contributed by atoms with Crippen molar-refractivity contribution >= 4 is 23.2 Å². The van der Waals surface area contributed by atoms with Crippen molar-refractivity contribution in [2.45, 2.75) is 32.9 Å². The van der Waals surface area contributed by atoms with Crippen molar-refractivity contribution < 1.29 is 9.84 Å². The van der Waals surface area contributed by atoms with E-state index in [1.54, 1.807) is 6.07 Å². The second-order valence-electron chi connectivity index (χ2n) is 3.98. The fraction of sp³-hybridized carbons (Fsp3) is 0.538. The summed E-state index contributed by atoms with van der Waals surface area (Å²) < 4.78 is 5.53. The van der Waals surface area contributed by atoms with Crippen LogP contribution in [0.2, 0.25) is 10.0 Å². The maximum absolute atomic E-state index is 9.14. The van der Waals surface area contributed by atoms with Crippen molar-refractivity contribution in [2.24, 2.45) is 0 Å². The molecular weight excluding hydrogens is 273 g/mol. The predicted molar refractivity (Wildman–Crippen MR) is 75.6 cm³/mol. The average Bonchev–Trinajstić information content (AvgIpc) is 2.34. The average molecular weight is 292 g/mol. The van der Waals surface area contributed by atoms with Crippen molar-refractivity contribution in [2.75, 3.05) is 13.2 Å². The molecule has 1 aromatic rings. The van der Waals surface area contributed by atoms with Gasteiger partial charge in [-0.1, -0.05) is 30.1 Å². The normalized spacial score (nSPS) is 12.5. The Bertz CT molecular complexity index is 381. The lowest BCUT2D eigenvalue weighted by atomic mass is 10.1. The maximum Gasteiger partial charge on any atom is 0.142 e. The molecule has 0 saturated heterocycles. The maximum atomic E-state index is 9.14.